The highest BCUT2D eigenvalue weighted by Gasteiger charge is 2.26. The maximum Gasteiger partial charge on any atom is 0.277 e. The van der Waals surface area contributed by atoms with Crippen LogP contribution in [0, 0.1) is 13.8 Å². The fraction of sp³-hybridized carbons (Fsp3) is 0.190. The second-order valence-corrected chi connectivity index (χ2v) is 6.54. The third kappa shape index (κ3) is 3.16. The van der Waals surface area contributed by atoms with Gasteiger partial charge in [0.2, 0.25) is 5.95 Å². The van der Waals surface area contributed by atoms with Crippen molar-refractivity contribution in [3.8, 4) is 0 Å². The Morgan fingerprint density at radius 2 is 1.81 bits per heavy atom. The summed E-state index contributed by atoms with van der Waals surface area (Å²) in [5, 5.41) is 3.18. The lowest BCUT2D eigenvalue weighted by Gasteiger charge is -2.17. The van der Waals surface area contributed by atoms with Crippen LogP contribution in [-0.4, -0.2) is 22.4 Å². The number of hydrogen-bond donors (Lipinski definition) is 1. The maximum absolute atomic E-state index is 13.0. The van der Waals surface area contributed by atoms with E-state index in [-0.39, 0.29) is 5.91 Å². The summed E-state index contributed by atoms with van der Waals surface area (Å²) in [6.07, 6.45) is 0.875. The average Bonchev–Trinajstić information content (AvgIpc) is 3.07. The molecule has 1 N–H and O–H groups in total. The number of para-hydroxylation sites is 1. The number of nitrogens with zero attached hydrogens (tertiary/aromatic N) is 3. The number of anilines is 3. The number of fused-ring (bicyclic) bond motifs is 1. The summed E-state index contributed by atoms with van der Waals surface area (Å²) in [7, 11) is 0. The maximum atomic E-state index is 13.0. The van der Waals surface area contributed by atoms with Crippen LogP contribution in [0.25, 0.3) is 0 Å². The van der Waals surface area contributed by atoms with Gasteiger partial charge in [0.1, 0.15) is 5.69 Å². The molecule has 3 aromatic rings. The van der Waals surface area contributed by atoms with Gasteiger partial charge in [-0.2, -0.15) is 0 Å². The number of nitrogens with one attached hydrogen (secondary N) is 1. The molecule has 26 heavy (non-hydrogen) atoms. The first-order chi connectivity index (χ1) is 12.6. The molecule has 0 radical (unpaired) electrons. The normalized spacial score (nSPS) is 12.8. The van der Waals surface area contributed by atoms with Gasteiger partial charge in [-0.25, -0.2) is 9.97 Å². The summed E-state index contributed by atoms with van der Waals surface area (Å²) >= 11 is 0. The van der Waals surface area contributed by atoms with E-state index in [1.165, 1.54) is 11.1 Å². The van der Waals surface area contributed by atoms with Crippen molar-refractivity contribution in [2.45, 2.75) is 20.3 Å². The molecule has 2 heterocycles. The molecule has 2 aromatic carbocycles. The van der Waals surface area contributed by atoms with Crippen molar-refractivity contribution >= 4 is 23.2 Å². The van der Waals surface area contributed by atoms with E-state index in [0.717, 1.165) is 23.5 Å². The molecular formula is C21H20N4O. The number of rotatable bonds is 3. The van der Waals surface area contributed by atoms with E-state index in [1.807, 2.05) is 56.3 Å². The molecule has 1 aromatic heterocycles. The molecule has 1 amide bonds. The van der Waals surface area contributed by atoms with Crippen molar-refractivity contribution in [3.05, 3.63) is 77.1 Å². The summed E-state index contributed by atoms with van der Waals surface area (Å²) in [5.41, 5.74) is 5.41. The van der Waals surface area contributed by atoms with Gasteiger partial charge < -0.3 is 10.2 Å². The van der Waals surface area contributed by atoms with Gasteiger partial charge in [-0.3, -0.25) is 4.79 Å². The Morgan fingerprint density at radius 3 is 2.62 bits per heavy atom. The standard InChI is InChI=1S/C21H20N4O/c1-14-7-9-17(10-8-14)23-21-22-15(2)13-18(24-21)20(26)25-12-11-16-5-3-4-6-19(16)25/h3-10,13H,11-12H2,1-2H3,(H,22,23,24). The van der Waals surface area contributed by atoms with Crippen LogP contribution in [0.5, 0.6) is 0 Å². The molecule has 0 bridgehead atoms. The van der Waals surface area contributed by atoms with E-state index in [0.29, 0.717) is 18.2 Å². The van der Waals surface area contributed by atoms with Crippen molar-refractivity contribution in [3.63, 3.8) is 0 Å². The van der Waals surface area contributed by atoms with Crippen LogP contribution < -0.4 is 10.2 Å². The second kappa shape index (κ2) is 6.59. The first-order valence-electron chi connectivity index (χ1n) is 8.69. The van der Waals surface area contributed by atoms with Gasteiger partial charge in [0, 0.05) is 23.6 Å². The highest BCUT2D eigenvalue weighted by atomic mass is 16.2. The van der Waals surface area contributed by atoms with Crippen LogP contribution in [0.1, 0.15) is 27.3 Å². The van der Waals surface area contributed by atoms with Crippen LogP contribution in [0.4, 0.5) is 17.3 Å². The summed E-state index contributed by atoms with van der Waals surface area (Å²) in [4.78, 5) is 23.7. The monoisotopic (exact) mass is 344 g/mol. The molecule has 0 saturated carbocycles. The Morgan fingerprint density at radius 1 is 1.04 bits per heavy atom. The van der Waals surface area contributed by atoms with E-state index in [9.17, 15) is 4.79 Å². The Hall–Kier alpha value is -3.21. The van der Waals surface area contributed by atoms with E-state index >= 15 is 0 Å². The molecule has 130 valence electrons. The van der Waals surface area contributed by atoms with E-state index in [1.54, 1.807) is 11.0 Å². The Kier molecular flexibility index (Phi) is 4.13. The van der Waals surface area contributed by atoms with Crippen molar-refractivity contribution < 1.29 is 4.79 Å². The second-order valence-electron chi connectivity index (χ2n) is 6.54. The van der Waals surface area contributed by atoms with Gasteiger partial charge in [0.25, 0.3) is 5.91 Å². The predicted molar refractivity (Wildman–Crippen MR) is 103 cm³/mol. The third-order valence-corrected chi connectivity index (χ3v) is 4.51. The van der Waals surface area contributed by atoms with Gasteiger partial charge in [0.05, 0.1) is 0 Å². The first kappa shape index (κ1) is 16.3. The molecule has 0 saturated heterocycles. The Bertz CT molecular complexity index is 966. The minimum Gasteiger partial charge on any atom is -0.324 e. The van der Waals surface area contributed by atoms with Crippen LogP contribution >= 0.6 is 0 Å². The van der Waals surface area contributed by atoms with Crippen LogP contribution in [0.3, 0.4) is 0 Å². The van der Waals surface area contributed by atoms with Gasteiger partial charge in [-0.05, 0) is 50.1 Å². The third-order valence-electron chi connectivity index (χ3n) is 4.51. The lowest BCUT2D eigenvalue weighted by molar-refractivity contribution is 0.0984. The zero-order valence-electron chi connectivity index (χ0n) is 14.9. The molecule has 5 heteroatoms. The number of amides is 1. The van der Waals surface area contributed by atoms with Crippen LogP contribution in [-0.2, 0) is 6.42 Å². The summed E-state index contributed by atoms with van der Waals surface area (Å²) in [6.45, 7) is 4.59. The van der Waals surface area contributed by atoms with Crippen LogP contribution in [0.2, 0.25) is 0 Å². The molecule has 0 fully saturated rings. The average molecular weight is 344 g/mol. The van der Waals surface area contributed by atoms with Crippen molar-refractivity contribution in [2.75, 3.05) is 16.8 Å². The Labute approximate surface area is 152 Å². The molecule has 0 atom stereocenters. The minimum atomic E-state index is -0.0904. The topological polar surface area (TPSA) is 58.1 Å². The van der Waals surface area contributed by atoms with E-state index in [2.05, 4.69) is 21.4 Å². The summed E-state index contributed by atoms with van der Waals surface area (Å²) in [6, 6.07) is 17.7. The van der Waals surface area contributed by atoms with Gasteiger partial charge in [-0.15, -0.1) is 0 Å². The number of carbonyl (C=O) groups excluding carboxylic acids is 1. The van der Waals surface area contributed by atoms with Crippen LogP contribution in [0.15, 0.2) is 54.6 Å². The quantitative estimate of drug-likeness (QED) is 0.779. The molecule has 4 rings (SSSR count). The zero-order chi connectivity index (χ0) is 18.1. The van der Waals surface area contributed by atoms with Gasteiger partial charge in [-0.1, -0.05) is 35.9 Å². The smallest absolute Gasteiger partial charge is 0.277 e. The SMILES string of the molecule is Cc1ccc(Nc2nc(C)cc(C(=O)N3CCc4ccccc43)n2)cc1. The first-order valence-corrected chi connectivity index (χ1v) is 8.69. The van der Waals surface area contributed by atoms with Crippen molar-refractivity contribution in [1.82, 2.24) is 9.97 Å². The zero-order valence-corrected chi connectivity index (χ0v) is 14.9. The van der Waals surface area contributed by atoms with Crippen molar-refractivity contribution in [1.29, 1.82) is 0 Å². The highest BCUT2D eigenvalue weighted by molar-refractivity contribution is 6.06. The Balaban J connectivity index is 1.62. The number of hydrogen-bond acceptors (Lipinski definition) is 4. The van der Waals surface area contributed by atoms with E-state index in [4.69, 9.17) is 0 Å². The summed E-state index contributed by atoms with van der Waals surface area (Å²) in [5.74, 6) is 0.345. The number of carbonyl (C=O) groups is 1. The summed E-state index contributed by atoms with van der Waals surface area (Å²) < 4.78 is 0. The number of aryl methyl sites for hydroxylation is 2. The molecule has 0 spiro atoms. The predicted octanol–water partition coefficient (Wildman–Crippen LogP) is 4.04. The fourth-order valence-corrected chi connectivity index (χ4v) is 3.19. The van der Waals surface area contributed by atoms with Crippen molar-refractivity contribution in [2.24, 2.45) is 0 Å². The molecule has 0 aliphatic carbocycles. The molecule has 1 aliphatic rings. The molecule has 0 unspecified atom stereocenters. The lowest BCUT2D eigenvalue weighted by Crippen LogP contribution is -2.30. The highest BCUT2D eigenvalue weighted by Crippen LogP contribution is 2.28. The number of aromatic nitrogens is 2. The lowest BCUT2D eigenvalue weighted by atomic mass is 10.2. The largest absolute Gasteiger partial charge is 0.324 e. The van der Waals surface area contributed by atoms with E-state index < -0.39 is 0 Å². The molecule has 1 aliphatic heterocycles. The fourth-order valence-electron chi connectivity index (χ4n) is 3.19. The molecule has 5 nitrogen and oxygen atoms in total. The number of benzene rings is 2. The molecular weight excluding hydrogens is 324 g/mol. The minimum absolute atomic E-state index is 0.0904. The van der Waals surface area contributed by atoms with Gasteiger partial charge in [0.15, 0.2) is 0 Å². The van der Waals surface area contributed by atoms with Gasteiger partial charge >= 0.3 is 0 Å².